The van der Waals surface area contributed by atoms with Crippen LogP contribution in [0.4, 0.5) is 0 Å². The number of carboxylic acid groups (broad SMARTS) is 1. The third-order valence-corrected chi connectivity index (χ3v) is 2.96. The first-order valence-electron chi connectivity index (χ1n) is 6.37. The van der Waals surface area contributed by atoms with Crippen molar-refractivity contribution in [3.05, 3.63) is 41.5 Å². The number of hydrogen-bond donors (Lipinski definition) is 2. The predicted molar refractivity (Wildman–Crippen MR) is 78.4 cm³/mol. The molecule has 0 aliphatic rings. The Morgan fingerprint density at radius 1 is 1.29 bits per heavy atom. The van der Waals surface area contributed by atoms with E-state index >= 15 is 0 Å². The molecular formula is C15H18N2O4. The molecule has 0 saturated heterocycles. The van der Waals surface area contributed by atoms with E-state index in [0.717, 1.165) is 5.56 Å². The van der Waals surface area contributed by atoms with Gasteiger partial charge in [0.1, 0.15) is 0 Å². The Balaban J connectivity index is 2.64. The molecule has 6 heteroatoms. The van der Waals surface area contributed by atoms with E-state index in [-0.39, 0.29) is 12.5 Å². The van der Waals surface area contributed by atoms with Crippen LogP contribution in [0.25, 0.3) is 6.08 Å². The monoisotopic (exact) mass is 290 g/mol. The number of primary amides is 1. The van der Waals surface area contributed by atoms with Crippen LogP contribution in [0, 0.1) is 5.92 Å². The topological polar surface area (TPSA) is 101 Å². The number of carbonyl (C=O) groups is 3. The van der Waals surface area contributed by atoms with E-state index in [1.54, 1.807) is 44.3 Å². The van der Waals surface area contributed by atoms with Gasteiger partial charge in [-0.1, -0.05) is 19.1 Å². The largest absolute Gasteiger partial charge is 0.481 e. The summed E-state index contributed by atoms with van der Waals surface area (Å²) in [7, 11) is 1.54. The standard InChI is InChI=1S/C15H18N2O4/c1-10(15(20)21)9-17(2)13(18)8-5-11-3-6-12(7-4-11)14(16)19/h3-8,10H,9H2,1-2H3,(H2,16,19)(H,20,21). The highest BCUT2D eigenvalue weighted by Crippen LogP contribution is 2.06. The van der Waals surface area contributed by atoms with Crippen molar-refractivity contribution in [3.8, 4) is 0 Å². The van der Waals surface area contributed by atoms with Gasteiger partial charge in [0.05, 0.1) is 5.92 Å². The normalized spacial score (nSPS) is 12.1. The molecule has 0 saturated carbocycles. The fraction of sp³-hybridized carbons (Fsp3) is 0.267. The molecule has 21 heavy (non-hydrogen) atoms. The van der Waals surface area contributed by atoms with Crippen molar-refractivity contribution in [1.82, 2.24) is 4.90 Å². The first kappa shape index (κ1) is 16.4. The maximum absolute atomic E-state index is 11.8. The Hall–Kier alpha value is -2.63. The highest BCUT2D eigenvalue weighted by molar-refractivity contribution is 5.94. The van der Waals surface area contributed by atoms with Crippen molar-refractivity contribution in [2.75, 3.05) is 13.6 Å². The second-order valence-corrected chi connectivity index (χ2v) is 4.78. The molecule has 1 atom stereocenters. The van der Waals surface area contributed by atoms with Gasteiger partial charge in [-0.05, 0) is 23.8 Å². The van der Waals surface area contributed by atoms with E-state index < -0.39 is 17.8 Å². The zero-order valence-electron chi connectivity index (χ0n) is 11.9. The van der Waals surface area contributed by atoms with Crippen molar-refractivity contribution in [2.45, 2.75) is 6.92 Å². The lowest BCUT2D eigenvalue weighted by Crippen LogP contribution is -2.32. The maximum atomic E-state index is 11.8. The fourth-order valence-electron chi connectivity index (χ4n) is 1.63. The Morgan fingerprint density at radius 2 is 1.86 bits per heavy atom. The lowest BCUT2D eigenvalue weighted by Gasteiger charge is -2.17. The summed E-state index contributed by atoms with van der Waals surface area (Å²) >= 11 is 0. The summed E-state index contributed by atoms with van der Waals surface area (Å²) in [5.41, 5.74) is 6.27. The molecule has 1 aromatic rings. The SMILES string of the molecule is CC(CN(C)C(=O)C=Cc1ccc(C(N)=O)cc1)C(=O)O. The van der Waals surface area contributed by atoms with Crippen LogP contribution in [0.15, 0.2) is 30.3 Å². The van der Waals surface area contributed by atoms with Gasteiger partial charge in [0.2, 0.25) is 11.8 Å². The average Bonchev–Trinajstić information content (AvgIpc) is 2.44. The summed E-state index contributed by atoms with van der Waals surface area (Å²) in [5, 5.41) is 8.80. The van der Waals surface area contributed by atoms with Crippen LogP contribution < -0.4 is 5.73 Å². The van der Waals surface area contributed by atoms with E-state index in [0.29, 0.717) is 5.56 Å². The summed E-state index contributed by atoms with van der Waals surface area (Å²) in [6, 6.07) is 6.49. The number of aliphatic carboxylic acids is 1. The number of carboxylic acids is 1. The van der Waals surface area contributed by atoms with Crippen LogP contribution >= 0.6 is 0 Å². The van der Waals surface area contributed by atoms with Gasteiger partial charge in [0.25, 0.3) is 0 Å². The Kier molecular flexibility index (Phi) is 5.66. The van der Waals surface area contributed by atoms with E-state index in [9.17, 15) is 14.4 Å². The van der Waals surface area contributed by atoms with Crippen LogP contribution in [-0.2, 0) is 9.59 Å². The van der Waals surface area contributed by atoms with Gasteiger partial charge in [0.15, 0.2) is 0 Å². The molecular weight excluding hydrogens is 272 g/mol. The maximum Gasteiger partial charge on any atom is 0.308 e. The number of likely N-dealkylation sites (N-methyl/N-ethyl adjacent to an activating group) is 1. The molecule has 0 fully saturated rings. The van der Waals surface area contributed by atoms with E-state index in [2.05, 4.69) is 0 Å². The van der Waals surface area contributed by atoms with E-state index in [1.807, 2.05) is 0 Å². The number of carbonyl (C=O) groups excluding carboxylic acids is 2. The van der Waals surface area contributed by atoms with Crippen LogP contribution in [-0.4, -0.2) is 41.4 Å². The lowest BCUT2D eigenvalue weighted by atomic mass is 10.1. The van der Waals surface area contributed by atoms with Gasteiger partial charge in [-0.15, -0.1) is 0 Å². The molecule has 6 nitrogen and oxygen atoms in total. The second kappa shape index (κ2) is 7.23. The fourth-order valence-corrected chi connectivity index (χ4v) is 1.63. The van der Waals surface area contributed by atoms with E-state index in [1.165, 1.54) is 11.0 Å². The molecule has 0 bridgehead atoms. The van der Waals surface area contributed by atoms with Crippen molar-refractivity contribution < 1.29 is 19.5 Å². The molecule has 2 amide bonds. The first-order valence-corrected chi connectivity index (χ1v) is 6.37. The molecule has 1 aromatic carbocycles. The van der Waals surface area contributed by atoms with Gasteiger partial charge >= 0.3 is 5.97 Å². The molecule has 0 spiro atoms. The molecule has 0 aliphatic carbocycles. The molecule has 0 aromatic heterocycles. The zero-order valence-corrected chi connectivity index (χ0v) is 11.9. The minimum absolute atomic E-state index is 0.138. The number of nitrogens with zero attached hydrogens (tertiary/aromatic N) is 1. The summed E-state index contributed by atoms with van der Waals surface area (Å²) in [5.74, 6) is -2.37. The van der Waals surface area contributed by atoms with Crippen LogP contribution in [0.1, 0.15) is 22.8 Å². The number of rotatable bonds is 6. The molecule has 0 heterocycles. The minimum atomic E-state index is -0.944. The number of amides is 2. The van der Waals surface area contributed by atoms with Crippen molar-refractivity contribution >= 4 is 23.9 Å². The quantitative estimate of drug-likeness (QED) is 0.762. The number of nitrogens with two attached hydrogens (primary N) is 1. The second-order valence-electron chi connectivity index (χ2n) is 4.78. The smallest absolute Gasteiger partial charge is 0.308 e. The van der Waals surface area contributed by atoms with Gasteiger partial charge < -0.3 is 15.7 Å². The summed E-state index contributed by atoms with van der Waals surface area (Å²) in [6.45, 7) is 1.68. The predicted octanol–water partition coefficient (Wildman–Crippen LogP) is 0.978. The third-order valence-electron chi connectivity index (χ3n) is 2.96. The molecule has 0 aliphatic heterocycles. The van der Waals surface area contributed by atoms with Crippen LogP contribution in [0.2, 0.25) is 0 Å². The number of hydrogen-bond acceptors (Lipinski definition) is 3. The highest BCUT2D eigenvalue weighted by atomic mass is 16.4. The molecule has 0 radical (unpaired) electrons. The van der Waals surface area contributed by atoms with E-state index in [4.69, 9.17) is 10.8 Å². The lowest BCUT2D eigenvalue weighted by molar-refractivity contribution is -0.142. The van der Waals surface area contributed by atoms with Crippen LogP contribution in [0.3, 0.4) is 0 Å². The molecule has 1 rings (SSSR count). The Morgan fingerprint density at radius 3 is 2.33 bits per heavy atom. The van der Waals surface area contributed by atoms with Crippen molar-refractivity contribution in [1.29, 1.82) is 0 Å². The summed E-state index contributed by atoms with van der Waals surface area (Å²) < 4.78 is 0. The minimum Gasteiger partial charge on any atom is -0.481 e. The Labute approximate surface area is 122 Å². The third kappa shape index (κ3) is 5.10. The summed E-state index contributed by atoms with van der Waals surface area (Å²) in [6.07, 6.45) is 2.95. The van der Waals surface area contributed by atoms with Crippen LogP contribution in [0.5, 0.6) is 0 Å². The van der Waals surface area contributed by atoms with Gasteiger partial charge in [-0.25, -0.2) is 0 Å². The van der Waals surface area contributed by atoms with Crippen molar-refractivity contribution in [3.63, 3.8) is 0 Å². The van der Waals surface area contributed by atoms with Gasteiger partial charge in [0, 0.05) is 25.2 Å². The molecule has 1 unspecified atom stereocenters. The summed E-state index contributed by atoms with van der Waals surface area (Å²) in [4.78, 5) is 34.8. The van der Waals surface area contributed by atoms with Gasteiger partial charge in [-0.3, -0.25) is 14.4 Å². The number of benzene rings is 1. The molecule has 112 valence electrons. The highest BCUT2D eigenvalue weighted by Gasteiger charge is 2.15. The van der Waals surface area contributed by atoms with Crippen molar-refractivity contribution in [2.24, 2.45) is 11.7 Å². The Bertz CT molecular complexity index is 564. The average molecular weight is 290 g/mol. The zero-order chi connectivity index (χ0) is 16.0. The van der Waals surface area contributed by atoms with Gasteiger partial charge in [-0.2, -0.15) is 0 Å². The molecule has 3 N–H and O–H groups in total. The first-order chi connectivity index (χ1) is 9.81.